The van der Waals surface area contributed by atoms with Crippen molar-refractivity contribution < 1.29 is 9.21 Å². The van der Waals surface area contributed by atoms with Gasteiger partial charge in [0.25, 0.3) is 5.91 Å². The topological polar surface area (TPSA) is 127 Å². The Labute approximate surface area is 184 Å². The van der Waals surface area contributed by atoms with Gasteiger partial charge in [0.15, 0.2) is 17.2 Å². The smallest absolute Gasteiger partial charge is 0.273 e. The van der Waals surface area contributed by atoms with Gasteiger partial charge in [-0.05, 0) is 45.5 Å². The number of nitrogens with one attached hydrogen (secondary N) is 1. The molecule has 1 unspecified atom stereocenters. The molecule has 0 spiro atoms. The van der Waals surface area contributed by atoms with Gasteiger partial charge in [-0.25, -0.2) is 19.9 Å². The van der Waals surface area contributed by atoms with Crippen LogP contribution in [-0.2, 0) is 0 Å². The fourth-order valence-electron chi connectivity index (χ4n) is 4.08. The highest BCUT2D eigenvalue weighted by molar-refractivity contribution is 5.97. The van der Waals surface area contributed by atoms with Crippen LogP contribution in [0.5, 0.6) is 0 Å². The Bertz CT molecular complexity index is 1280. The van der Waals surface area contributed by atoms with E-state index in [1.807, 2.05) is 29.7 Å². The number of likely N-dealkylation sites (tertiary alicyclic amines) is 1. The molecule has 1 aliphatic rings. The van der Waals surface area contributed by atoms with Gasteiger partial charge in [-0.3, -0.25) is 4.79 Å². The van der Waals surface area contributed by atoms with Crippen LogP contribution in [-0.4, -0.2) is 61.3 Å². The summed E-state index contributed by atoms with van der Waals surface area (Å²) >= 11 is 0. The van der Waals surface area contributed by atoms with Gasteiger partial charge < -0.3 is 24.8 Å². The molecule has 5 heterocycles. The molecular weight excluding hydrogens is 408 g/mol. The second-order valence-electron chi connectivity index (χ2n) is 8.02. The van der Waals surface area contributed by atoms with Crippen molar-refractivity contribution >= 4 is 17.4 Å². The number of nitrogen functional groups attached to an aromatic ring is 1. The standard InChI is InChI=1S/C22H24N8O2/c1-13-10-25-16-6-5-14(12-30(13)16)17-18(22-24-7-9-32-22)28-20(23)19(27-17)21(31)26-11-15-4-3-8-29(15)2/h5-7,9-10,12,15H,3-4,8,11H2,1-2H3,(H2,23,28)(H,26,31). The first kappa shape index (κ1) is 20.1. The highest BCUT2D eigenvalue weighted by Gasteiger charge is 2.25. The summed E-state index contributed by atoms with van der Waals surface area (Å²) in [6.45, 7) is 3.54. The molecular formula is C22H24N8O2. The van der Waals surface area contributed by atoms with Crippen molar-refractivity contribution in [2.45, 2.75) is 25.8 Å². The predicted octanol–water partition coefficient (Wildman–Crippen LogP) is 2.16. The molecule has 1 amide bonds. The van der Waals surface area contributed by atoms with E-state index in [0.717, 1.165) is 36.3 Å². The van der Waals surface area contributed by atoms with E-state index in [2.05, 4.69) is 37.2 Å². The number of fused-ring (bicyclic) bond motifs is 1. The Kier molecular flexibility index (Phi) is 5.06. The third-order valence-corrected chi connectivity index (χ3v) is 5.91. The van der Waals surface area contributed by atoms with Crippen molar-refractivity contribution in [1.29, 1.82) is 0 Å². The first-order valence-electron chi connectivity index (χ1n) is 10.5. The Morgan fingerprint density at radius 2 is 2.16 bits per heavy atom. The van der Waals surface area contributed by atoms with Crippen molar-refractivity contribution in [3.63, 3.8) is 0 Å². The van der Waals surface area contributed by atoms with E-state index in [9.17, 15) is 4.79 Å². The minimum Gasteiger partial charge on any atom is -0.443 e. The summed E-state index contributed by atoms with van der Waals surface area (Å²) < 4.78 is 7.41. The molecule has 1 aliphatic heterocycles. The average Bonchev–Trinajstić information content (AvgIpc) is 3.54. The summed E-state index contributed by atoms with van der Waals surface area (Å²) in [4.78, 5) is 32.9. The Morgan fingerprint density at radius 1 is 1.28 bits per heavy atom. The maximum atomic E-state index is 13.0. The van der Waals surface area contributed by atoms with Crippen LogP contribution in [0.25, 0.3) is 28.5 Å². The number of aromatic nitrogens is 5. The maximum Gasteiger partial charge on any atom is 0.273 e. The third kappa shape index (κ3) is 3.58. The van der Waals surface area contributed by atoms with E-state index in [4.69, 9.17) is 10.2 Å². The van der Waals surface area contributed by atoms with Crippen LogP contribution in [0.2, 0.25) is 0 Å². The van der Waals surface area contributed by atoms with E-state index in [-0.39, 0.29) is 23.3 Å². The molecule has 0 bridgehead atoms. The number of likely N-dealkylation sites (N-methyl/N-ethyl adjacent to an activating group) is 1. The summed E-state index contributed by atoms with van der Waals surface area (Å²) in [5, 5.41) is 2.96. The van der Waals surface area contributed by atoms with Gasteiger partial charge in [-0.1, -0.05) is 0 Å². The number of amides is 1. The van der Waals surface area contributed by atoms with Crippen LogP contribution in [0.3, 0.4) is 0 Å². The zero-order chi connectivity index (χ0) is 22.2. The van der Waals surface area contributed by atoms with Gasteiger partial charge in [-0.15, -0.1) is 0 Å². The molecule has 1 atom stereocenters. The average molecular weight is 432 g/mol. The molecule has 10 heteroatoms. The minimum atomic E-state index is -0.351. The van der Waals surface area contributed by atoms with Gasteiger partial charge in [0.2, 0.25) is 5.89 Å². The van der Waals surface area contributed by atoms with Gasteiger partial charge in [0.1, 0.15) is 17.6 Å². The Morgan fingerprint density at radius 3 is 2.91 bits per heavy atom. The number of anilines is 1. The van der Waals surface area contributed by atoms with E-state index in [1.54, 1.807) is 6.20 Å². The third-order valence-electron chi connectivity index (χ3n) is 5.91. The van der Waals surface area contributed by atoms with E-state index < -0.39 is 0 Å². The van der Waals surface area contributed by atoms with Gasteiger partial charge in [-0.2, -0.15) is 0 Å². The van der Waals surface area contributed by atoms with Crippen LogP contribution in [0, 0.1) is 6.92 Å². The molecule has 5 rings (SSSR count). The zero-order valence-electron chi connectivity index (χ0n) is 17.9. The lowest BCUT2D eigenvalue weighted by Crippen LogP contribution is -2.38. The normalized spacial score (nSPS) is 16.6. The highest BCUT2D eigenvalue weighted by atomic mass is 16.3. The lowest BCUT2D eigenvalue weighted by Gasteiger charge is -2.19. The van der Waals surface area contributed by atoms with Crippen LogP contribution in [0.4, 0.5) is 5.82 Å². The molecule has 1 fully saturated rings. The zero-order valence-corrected chi connectivity index (χ0v) is 17.9. The van der Waals surface area contributed by atoms with Crippen LogP contribution < -0.4 is 11.1 Å². The predicted molar refractivity (Wildman–Crippen MR) is 119 cm³/mol. The number of hydrogen-bond donors (Lipinski definition) is 2. The minimum absolute atomic E-state index is 0.0270. The molecule has 0 aromatic carbocycles. The SMILES string of the molecule is Cc1cnc2ccc(-c3nc(C(=O)NCC4CCCN4C)c(N)nc3-c3ncco3)cn12. The number of nitrogens with two attached hydrogens (primary N) is 1. The lowest BCUT2D eigenvalue weighted by molar-refractivity contribution is 0.0939. The fraction of sp³-hybridized carbons (Fsp3) is 0.318. The number of hydrogen-bond acceptors (Lipinski definition) is 8. The Hall–Kier alpha value is -3.79. The number of carbonyl (C=O) groups is 1. The molecule has 0 radical (unpaired) electrons. The van der Waals surface area contributed by atoms with Crippen molar-refractivity contribution in [1.82, 2.24) is 34.6 Å². The van der Waals surface area contributed by atoms with Crippen molar-refractivity contribution in [2.75, 3.05) is 25.9 Å². The molecule has 4 aromatic heterocycles. The first-order valence-corrected chi connectivity index (χ1v) is 10.5. The van der Waals surface area contributed by atoms with Gasteiger partial charge in [0.05, 0.1) is 6.20 Å². The number of nitrogens with zero attached hydrogens (tertiary/aromatic N) is 6. The lowest BCUT2D eigenvalue weighted by atomic mass is 10.1. The van der Waals surface area contributed by atoms with E-state index >= 15 is 0 Å². The monoisotopic (exact) mass is 432 g/mol. The molecule has 4 aromatic rings. The molecule has 1 saturated heterocycles. The highest BCUT2D eigenvalue weighted by Crippen LogP contribution is 2.30. The number of pyridine rings is 1. The molecule has 3 N–H and O–H groups in total. The summed E-state index contributed by atoms with van der Waals surface area (Å²) in [5.74, 6) is -0.0456. The number of rotatable bonds is 5. The van der Waals surface area contributed by atoms with Crippen molar-refractivity contribution in [3.05, 3.63) is 48.4 Å². The second kappa shape index (κ2) is 8.04. The van der Waals surface area contributed by atoms with Gasteiger partial charge in [0, 0.05) is 36.2 Å². The fourth-order valence-corrected chi connectivity index (χ4v) is 4.08. The molecule has 10 nitrogen and oxygen atoms in total. The Balaban J connectivity index is 1.55. The summed E-state index contributed by atoms with van der Waals surface area (Å²) in [6.07, 6.45) is 8.86. The first-order chi connectivity index (χ1) is 15.5. The van der Waals surface area contributed by atoms with Crippen LogP contribution in [0.1, 0.15) is 29.0 Å². The van der Waals surface area contributed by atoms with Crippen LogP contribution >= 0.6 is 0 Å². The van der Waals surface area contributed by atoms with E-state index in [1.165, 1.54) is 12.5 Å². The van der Waals surface area contributed by atoms with Crippen LogP contribution in [0.15, 0.2) is 41.4 Å². The quantitative estimate of drug-likeness (QED) is 0.491. The number of oxazole rings is 1. The second-order valence-corrected chi connectivity index (χ2v) is 8.02. The number of imidazole rings is 1. The number of carbonyl (C=O) groups excluding carboxylic acids is 1. The van der Waals surface area contributed by atoms with Crippen molar-refractivity contribution in [3.8, 4) is 22.8 Å². The summed E-state index contributed by atoms with van der Waals surface area (Å²) in [7, 11) is 2.06. The largest absolute Gasteiger partial charge is 0.443 e. The molecule has 164 valence electrons. The number of aryl methyl sites for hydroxylation is 1. The van der Waals surface area contributed by atoms with Gasteiger partial charge >= 0.3 is 0 Å². The molecule has 0 saturated carbocycles. The molecule has 0 aliphatic carbocycles. The summed E-state index contributed by atoms with van der Waals surface area (Å²) in [5.41, 5.74) is 9.59. The van der Waals surface area contributed by atoms with Crippen molar-refractivity contribution in [2.24, 2.45) is 0 Å². The maximum absolute atomic E-state index is 13.0. The molecule has 32 heavy (non-hydrogen) atoms. The summed E-state index contributed by atoms with van der Waals surface area (Å²) in [6, 6.07) is 4.07. The van der Waals surface area contributed by atoms with E-state index in [0.29, 0.717) is 24.0 Å².